The summed E-state index contributed by atoms with van der Waals surface area (Å²) >= 11 is 0. The summed E-state index contributed by atoms with van der Waals surface area (Å²) in [5.41, 5.74) is 11.0. The molecule has 10 nitrogen and oxygen atoms in total. The summed E-state index contributed by atoms with van der Waals surface area (Å²) < 4.78 is 35.1. The molecule has 0 amide bonds. The van der Waals surface area contributed by atoms with Gasteiger partial charge in [-0.05, 0) is 43.2 Å². The molecule has 0 aliphatic rings. The summed E-state index contributed by atoms with van der Waals surface area (Å²) in [6.45, 7) is 1.48. The maximum Gasteiger partial charge on any atom is 0.240 e. The molecule has 0 radical (unpaired) electrons. The Kier molecular flexibility index (Phi) is 7.27. The minimum absolute atomic E-state index is 0.142. The van der Waals surface area contributed by atoms with Crippen LogP contribution in [0.25, 0.3) is 21.9 Å². The van der Waals surface area contributed by atoms with Crippen molar-refractivity contribution >= 4 is 43.5 Å². The molecular formula is C23H28N6O4S. The molecule has 0 bridgehead atoms. The summed E-state index contributed by atoms with van der Waals surface area (Å²) in [6, 6.07) is 13.7. The summed E-state index contributed by atoms with van der Waals surface area (Å²) in [5, 5.41) is 9.85. The number of benzene rings is 2. The molecule has 0 aliphatic carbocycles. The van der Waals surface area contributed by atoms with E-state index in [1.54, 1.807) is 7.11 Å². The van der Waals surface area contributed by atoms with Crippen LogP contribution in [0.2, 0.25) is 0 Å². The summed E-state index contributed by atoms with van der Waals surface area (Å²) in [6.07, 6.45) is 2.00. The number of unbranched alkanes of at least 4 members (excludes halogenated alkanes) is 1. The van der Waals surface area contributed by atoms with Crippen LogP contribution in [-0.4, -0.2) is 48.4 Å². The van der Waals surface area contributed by atoms with Crippen LogP contribution in [0, 0.1) is 0 Å². The highest BCUT2D eigenvalue weighted by molar-refractivity contribution is 7.89. The molecule has 0 spiro atoms. The van der Waals surface area contributed by atoms with Crippen LogP contribution in [0.1, 0.15) is 18.7 Å². The van der Waals surface area contributed by atoms with E-state index < -0.39 is 10.0 Å². The minimum Gasteiger partial charge on any atom is -0.384 e. The Balaban J connectivity index is 1.49. The fourth-order valence-corrected chi connectivity index (χ4v) is 5.00. The quantitative estimate of drug-likeness (QED) is 0.188. The van der Waals surface area contributed by atoms with Crippen molar-refractivity contribution in [2.45, 2.75) is 30.7 Å². The van der Waals surface area contributed by atoms with Crippen molar-refractivity contribution in [2.75, 3.05) is 31.5 Å². The molecule has 0 aliphatic heterocycles. The Morgan fingerprint density at radius 2 is 1.85 bits per heavy atom. The number of methoxy groups -OCH3 is 1. The number of sulfonamides is 1. The normalized spacial score (nSPS) is 11.9. The summed E-state index contributed by atoms with van der Waals surface area (Å²) in [4.78, 5) is 9.39. The first-order valence-electron chi connectivity index (χ1n) is 11.0. The molecule has 2 aromatic carbocycles. The topological polar surface area (TPSA) is 144 Å². The number of hydrogen-bond donors (Lipinski definition) is 4. The zero-order chi connectivity index (χ0) is 24.1. The molecule has 4 aromatic rings. The van der Waals surface area contributed by atoms with E-state index >= 15 is 0 Å². The molecule has 4 rings (SSSR count). The van der Waals surface area contributed by atoms with Gasteiger partial charge in [0.15, 0.2) is 5.82 Å². The molecule has 180 valence electrons. The summed E-state index contributed by atoms with van der Waals surface area (Å²) in [7, 11) is -1.98. The first-order valence-corrected chi connectivity index (χ1v) is 12.4. The zero-order valence-electron chi connectivity index (χ0n) is 18.9. The molecule has 5 N–H and O–H groups in total. The van der Waals surface area contributed by atoms with Gasteiger partial charge in [-0.2, -0.15) is 0 Å². The molecule has 11 heteroatoms. The van der Waals surface area contributed by atoms with Crippen molar-refractivity contribution in [1.29, 1.82) is 0 Å². The molecule has 2 heterocycles. The highest BCUT2D eigenvalue weighted by Crippen LogP contribution is 2.29. The van der Waals surface area contributed by atoms with E-state index in [4.69, 9.17) is 20.7 Å². The number of nitrogen functional groups attached to an aromatic ring is 1. The molecular weight excluding hydrogens is 456 g/mol. The lowest BCUT2D eigenvalue weighted by Gasteiger charge is -2.11. The zero-order valence-corrected chi connectivity index (χ0v) is 19.7. The van der Waals surface area contributed by atoms with Crippen LogP contribution in [0.3, 0.4) is 0 Å². The number of hydrogen-bond acceptors (Lipinski definition) is 8. The van der Waals surface area contributed by atoms with E-state index in [1.807, 2.05) is 29.7 Å². The molecule has 2 aromatic heterocycles. The van der Waals surface area contributed by atoms with Gasteiger partial charge in [0.25, 0.3) is 0 Å². The Hall–Kier alpha value is -3.25. The van der Waals surface area contributed by atoms with Crippen molar-refractivity contribution < 1.29 is 18.4 Å². The molecule has 0 saturated heterocycles. The van der Waals surface area contributed by atoms with Gasteiger partial charge in [0.05, 0.1) is 28.2 Å². The van der Waals surface area contributed by atoms with Crippen molar-refractivity contribution in [2.24, 2.45) is 0 Å². The molecule has 0 unspecified atom stereocenters. The Labute approximate surface area is 197 Å². The van der Waals surface area contributed by atoms with Crippen LogP contribution in [-0.2, 0) is 27.7 Å². The van der Waals surface area contributed by atoms with E-state index in [-0.39, 0.29) is 4.90 Å². The maximum absolute atomic E-state index is 12.5. The van der Waals surface area contributed by atoms with Crippen molar-refractivity contribution in [3.05, 3.63) is 54.4 Å². The summed E-state index contributed by atoms with van der Waals surface area (Å²) in [5.74, 6) is 1.25. The SMILES string of the molecule is COCCc1nc2c(N)nc3ccccc3c2n1CCCCNS(=O)(=O)c1ccc(NO)cc1. The first-order chi connectivity index (χ1) is 16.4. The lowest BCUT2D eigenvalue weighted by molar-refractivity contribution is 0.199. The number of para-hydroxylation sites is 1. The second-order valence-corrected chi connectivity index (χ2v) is 9.64. The first kappa shape index (κ1) is 23.9. The van der Waals surface area contributed by atoms with Gasteiger partial charge in [-0.1, -0.05) is 18.2 Å². The van der Waals surface area contributed by atoms with Gasteiger partial charge in [-0.3, -0.25) is 10.7 Å². The largest absolute Gasteiger partial charge is 0.384 e. The molecule has 0 atom stereocenters. The van der Waals surface area contributed by atoms with Gasteiger partial charge < -0.3 is 15.0 Å². The lowest BCUT2D eigenvalue weighted by Crippen LogP contribution is -2.25. The molecule has 0 saturated carbocycles. The third kappa shape index (κ3) is 4.97. The highest BCUT2D eigenvalue weighted by Gasteiger charge is 2.17. The number of nitrogens with zero attached hydrogens (tertiary/aromatic N) is 3. The van der Waals surface area contributed by atoms with Gasteiger partial charge in [0.1, 0.15) is 11.3 Å². The van der Waals surface area contributed by atoms with Gasteiger partial charge in [-0.25, -0.2) is 23.1 Å². The highest BCUT2D eigenvalue weighted by atomic mass is 32.2. The number of fused-ring (bicyclic) bond motifs is 3. The number of imidazole rings is 1. The smallest absolute Gasteiger partial charge is 0.240 e. The Morgan fingerprint density at radius 3 is 2.59 bits per heavy atom. The minimum atomic E-state index is -3.63. The van der Waals surface area contributed by atoms with Gasteiger partial charge in [0, 0.05) is 32.0 Å². The number of anilines is 2. The number of nitrogens with two attached hydrogens (primary N) is 1. The van der Waals surface area contributed by atoms with Gasteiger partial charge >= 0.3 is 0 Å². The molecule has 34 heavy (non-hydrogen) atoms. The van der Waals surface area contributed by atoms with E-state index in [0.717, 1.165) is 28.7 Å². The van der Waals surface area contributed by atoms with E-state index in [2.05, 4.69) is 14.3 Å². The van der Waals surface area contributed by atoms with Gasteiger partial charge in [0.2, 0.25) is 10.0 Å². The number of pyridine rings is 1. The third-order valence-corrected chi connectivity index (χ3v) is 7.09. The maximum atomic E-state index is 12.5. The fraction of sp³-hybridized carbons (Fsp3) is 0.304. The van der Waals surface area contributed by atoms with E-state index in [9.17, 15) is 8.42 Å². The predicted octanol–water partition coefficient (Wildman–Crippen LogP) is 2.92. The fourth-order valence-electron chi connectivity index (χ4n) is 3.92. The lowest BCUT2D eigenvalue weighted by atomic mass is 10.2. The van der Waals surface area contributed by atoms with Crippen LogP contribution < -0.4 is 15.9 Å². The van der Waals surface area contributed by atoms with Crippen LogP contribution in [0.4, 0.5) is 11.5 Å². The Morgan fingerprint density at radius 1 is 1.09 bits per heavy atom. The van der Waals surface area contributed by atoms with Crippen molar-refractivity contribution in [3.8, 4) is 0 Å². The van der Waals surface area contributed by atoms with E-state index in [0.29, 0.717) is 49.6 Å². The van der Waals surface area contributed by atoms with Crippen molar-refractivity contribution in [3.63, 3.8) is 0 Å². The number of aromatic nitrogens is 3. The van der Waals surface area contributed by atoms with Crippen molar-refractivity contribution in [1.82, 2.24) is 19.3 Å². The van der Waals surface area contributed by atoms with E-state index in [1.165, 1.54) is 24.3 Å². The standard InChI is InChI=1S/C23H28N6O4S/c1-33-15-12-20-27-21-22(18-6-2-3-7-19(18)26-23(21)24)29(20)14-5-4-13-25-34(31,32)17-10-8-16(28-30)9-11-17/h2-3,6-11,25,28,30H,4-5,12-15H2,1H3,(H2,24,26). The Bertz CT molecular complexity index is 1390. The monoisotopic (exact) mass is 484 g/mol. The number of ether oxygens (including phenoxy) is 1. The second kappa shape index (κ2) is 10.3. The van der Waals surface area contributed by atoms with Crippen LogP contribution in [0.5, 0.6) is 0 Å². The molecule has 0 fully saturated rings. The van der Waals surface area contributed by atoms with Gasteiger partial charge in [-0.15, -0.1) is 0 Å². The van der Waals surface area contributed by atoms with Crippen LogP contribution >= 0.6 is 0 Å². The van der Waals surface area contributed by atoms with Crippen LogP contribution in [0.15, 0.2) is 53.4 Å². The number of rotatable bonds is 11. The second-order valence-electron chi connectivity index (χ2n) is 7.87. The number of aryl methyl sites for hydroxylation is 1. The average molecular weight is 485 g/mol. The average Bonchev–Trinajstić information content (AvgIpc) is 3.22. The number of nitrogens with one attached hydrogen (secondary N) is 2. The predicted molar refractivity (Wildman–Crippen MR) is 131 cm³/mol. The third-order valence-electron chi connectivity index (χ3n) is 5.61.